The topological polar surface area (TPSA) is 62.6 Å². The van der Waals surface area contributed by atoms with Crippen molar-refractivity contribution in [3.63, 3.8) is 0 Å². The summed E-state index contributed by atoms with van der Waals surface area (Å²) in [5.74, 6) is -0.0829. The standard InChI is InChI=1S/C18H29N3O2/c1-6-15-7-9-16(10-8-15)14(4)20-18(23)12-21(5)11-17(22)19-13(2)3/h7-10,13-14H,6,11-12H2,1-5H3,(H,19,22)(H,20,23)/p+1/t14-/m0/s1. The van der Waals surface area contributed by atoms with Gasteiger partial charge in [-0.25, -0.2) is 0 Å². The zero-order valence-electron chi connectivity index (χ0n) is 14.9. The van der Waals surface area contributed by atoms with Crippen LogP contribution >= 0.6 is 0 Å². The third kappa shape index (κ3) is 7.28. The van der Waals surface area contributed by atoms with E-state index >= 15 is 0 Å². The Bertz CT molecular complexity index is 512. The van der Waals surface area contributed by atoms with E-state index in [-0.39, 0.29) is 30.4 Å². The van der Waals surface area contributed by atoms with Crippen LogP contribution in [0.3, 0.4) is 0 Å². The number of benzene rings is 1. The van der Waals surface area contributed by atoms with Crippen molar-refractivity contribution in [2.75, 3.05) is 20.1 Å². The Morgan fingerprint density at radius 1 is 1.00 bits per heavy atom. The minimum atomic E-state index is -0.0492. The van der Waals surface area contributed by atoms with Crippen molar-refractivity contribution in [2.45, 2.75) is 46.2 Å². The van der Waals surface area contributed by atoms with Crippen LogP contribution in [0.2, 0.25) is 0 Å². The Labute approximate surface area is 139 Å². The van der Waals surface area contributed by atoms with E-state index in [0.717, 1.165) is 16.9 Å². The van der Waals surface area contributed by atoms with Crippen LogP contribution < -0.4 is 15.5 Å². The predicted molar refractivity (Wildman–Crippen MR) is 92.3 cm³/mol. The first-order valence-corrected chi connectivity index (χ1v) is 8.30. The molecule has 2 amide bonds. The number of nitrogens with one attached hydrogen (secondary N) is 3. The molecule has 0 aliphatic carbocycles. The Kier molecular flexibility index (Phi) is 7.75. The Morgan fingerprint density at radius 2 is 1.52 bits per heavy atom. The number of quaternary nitrogens is 1. The highest BCUT2D eigenvalue weighted by molar-refractivity contribution is 5.79. The quantitative estimate of drug-likeness (QED) is 0.652. The minimum Gasteiger partial charge on any atom is -0.349 e. The number of likely N-dealkylation sites (N-methyl/N-ethyl adjacent to an activating group) is 1. The van der Waals surface area contributed by atoms with E-state index in [2.05, 4.69) is 41.8 Å². The van der Waals surface area contributed by atoms with Gasteiger partial charge in [0, 0.05) is 6.04 Å². The average molecular weight is 320 g/mol. The van der Waals surface area contributed by atoms with E-state index in [4.69, 9.17) is 0 Å². The van der Waals surface area contributed by atoms with Crippen molar-refractivity contribution in [3.05, 3.63) is 35.4 Å². The van der Waals surface area contributed by atoms with Crippen LogP contribution in [0.1, 0.15) is 44.9 Å². The molecule has 23 heavy (non-hydrogen) atoms. The van der Waals surface area contributed by atoms with Crippen LogP contribution in [0, 0.1) is 0 Å². The first kappa shape index (κ1) is 19.2. The second-order valence-corrected chi connectivity index (χ2v) is 6.42. The van der Waals surface area contributed by atoms with Crippen molar-refractivity contribution < 1.29 is 14.5 Å². The molecule has 1 rings (SSSR count). The van der Waals surface area contributed by atoms with Gasteiger partial charge in [-0.3, -0.25) is 9.59 Å². The summed E-state index contributed by atoms with van der Waals surface area (Å²) in [6.07, 6.45) is 1.01. The van der Waals surface area contributed by atoms with Crippen molar-refractivity contribution in [1.82, 2.24) is 10.6 Å². The number of rotatable bonds is 8. The molecule has 0 aromatic heterocycles. The smallest absolute Gasteiger partial charge is 0.275 e. The number of amides is 2. The second kappa shape index (κ2) is 9.30. The van der Waals surface area contributed by atoms with Crippen molar-refractivity contribution >= 4 is 11.8 Å². The number of hydrogen-bond acceptors (Lipinski definition) is 2. The number of carbonyl (C=O) groups is 2. The summed E-state index contributed by atoms with van der Waals surface area (Å²) in [6.45, 7) is 8.51. The van der Waals surface area contributed by atoms with Crippen LogP contribution in [-0.4, -0.2) is 38.0 Å². The van der Waals surface area contributed by atoms with E-state index in [9.17, 15) is 9.59 Å². The summed E-state index contributed by atoms with van der Waals surface area (Å²) in [5, 5.41) is 5.82. The van der Waals surface area contributed by atoms with Crippen LogP contribution in [0.15, 0.2) is 24.3 Å². The van der Waals surface area contributed by atoms with Gasteiger partial charge >= 0.3 is 0 Å². The molecule has 0 heterocycles. The third-order valence-electron chi connectivity index (χ3n) is 3.64. The van der Waals surface area contributed by atoms with Gasteiger partial charge in [-0.15, -0.1) is 0 Å². The lowest BCUT2D eigenvalue weighted by molar-refractivity contribution is -0.862. The van der Waals surface area contributed by atoms with Crippen LogP contribution in [0.5, 0.6) is 0 Å². The molecule has 1 aromatic rings. The molecule has 2 atom stereocenters. The molecular weight excluding hydrogens is 290 g/mol. The molecule has 0 aliphatic heterocycles. The van der Waals surface area contributed by atoms with Gasteiger partial charge in [0.25, 0.3) is 11.8 Å². The molecule has 128 valence electrons. The van der Waals surface area contributed by atoms with E-state index in [1.807, 2.05) is 27.8 Å². The van der Waals surface area contributed by atoms with Crippen molar-refractivity contribution in [3.8, 4) is 0 Å². The second-order valence-electron chi connectivity index (χ2n) is 6.42. The van der Waals surface area contributed by atoms with Gasteiger partial charge < -0.3 is 15.5 Å². The SMILES string of the molecule is CCc1ccc([C@H](C)NC(=O)C[NH+](C)CC(=O)NC(C)C)cc1. The largest absolute Gasteiger partial charge is 0.349 e. The van der Waals surface area contributed by atoms with E-state index in [0.29, 0.717) is 6.54 Å². The molecule has 0 radical (unpaired) electrons. The highest BCUT2D eigenvalue weighted by Gasteiger charge is 2.16. The zero-order valence-corrected chi connectivity index (χ0v) is 14.9. The molecule has 0 bridgehead atoms. The summed E-state index contributed by atoms with van der Waals surface area (Å²) in [5.41, 5.74) is 2.37. The monoisotopic (exact) mass is 320 g/mol. The summed E-state index contributed by atoms with van der Waals surface area (Å²) in [4.78, 5) is 24.7. The fourth-order valence-electron chi connectivity index (χ4n) is 2.40. The third-order valence-corrected chi connectivity index (χ3v) is 3.64. The molecule has 0 saturated heterocycles. The molecular formula is C18H30N3O2+. The molecule has 5 nitrogen and oxygen atoms in total. The fraction of sp³-hybridized carbons (Fsp3) is 0.556. The summed E-state index contributed by atoms with van der Waals surface area (Å²) in [6, 6.07) is 8.37. The predicted octanol–water partition coefficient (Wildman–Crippen LogP) is 0.466. The maximum absolute atomic E-state index is 12.1. The van der Waals surface area contributed by atoms with Gasteiger partial charge in [-0.05, 0) is 38.3 Å². The van der Waals surface area contributed by atoms with E-state index in [1.54, 1.807) is 0 Å². The summed E-state index contributed by atoms with van der Waals surface area (Å²) >= 11 is 0. The van der Waals surface area contributed by atoms with Gasteiger partial charge in [-0.2, -0.15) is 0 Å². The normalized spacial score (nSPS) is 13.5. The number of aryl methyl sites for hydroxylation is 1. The summed E-state index contributed by atoms with van der Waals surface area (Å²) in [7, 11) is 1.85. The van der Waals surface area contributed by atoms with Gasteiger partial charge in [0.2, 0.25) is 0 Å². The fourth-order valence-corrected chi connectivity index (χ4v) is 2.40. The highest BCUT2D eigenvalue weighted by atomic mass is 16.2. The van der Waals surface area contributed by atoms with E-state index in [1.165, 1.54) is 5.56 Å². The first-order chi connectivity index (χ1) is 10.8. The van der Waals surface area contributed by atoms with Gasteiger partial charge in [0.05, 0.1) is 13.1 Å². The lowest BCUT2D eigenvalue weighted by Crippen LogP contribution is -3.11. The number of carbonyl (C=O) groups excluding carboxylic acids is 2. The molecule has 0 fully saturated rings. The van der Waals surface area contributed by atoms with Crippen LogP contribution in [-0.2, 0) is 16.0 Å². The molecule has 1 unspecified atom stereocenters. The minimum absolute atomic E-state index is 0.0338. The zero-order chi connectivity index (χ0) is 17.4. The Balaban J connectivity index is 2.43. The number of hydrogen-bond donors (Lipinski definition) is 3. The lowest BCUT2D eigenvalue weighted by Gasteiger charge is -2.18. The van der Waals surface area contributed by atoms with Gasteiger partial charge in [0.15, 0.2) is 13.1 Å². The van der Waals surface area contributed by atoms with Gasteiger partial charge in [0.1, 0.15) is 0 Å². The summed E-state index contributed by atoms with van der Waals surface area (Å²) < 4.78 is 0. The highest BCUT2D eigenvalue weighted by Crippen LogP contribution is 2.13. The molecule has 5 heteroatoms. The maximum atomic E-state index is 12.1. The van der Waals surface area contributed by atoms with Crippen molar-refractivity contribution in [1.29, 1.82) is 0 Å². The van der Waals surface area contributed by atoms with Crippen molar-refractivity contribution in [2.24, 2.45) is 0 Å². The average Bonchev–Trinajstić information content (AvgIpc) is 2.45. The first-order valence-electron chi connectivity index (χ1n) is 8.30. The maximum Gasteiger partial charge on any atom is 0.275 e. The Morgan fingerprint density at radius 3 is 2.00 bits per heavy atom. The van der Waals surface area contributed by atoms with Gasteiger partial charge in [-0.1, -0.05) is 31.2 Å². The molecule has 3 N–H and O–H groups in total. The molecule has 0 aliphatic rings. The Hall–Kier alpha value is -1.88. The van der Waals surface area contributed by atoms with Crippen LogP contribution in [0.25, 0.3) is 0 Å². The van der Waals surface area contributed by atoms with E-state index < -0.39 is 0 Å². The molecule has 0 saturated carbocycles. The molecule has 0 spiro atoms. The lowest BCUT2D eigenvalue weighted by atomic mass is 10.1. The molecule has 1 aromatic carbocycles. The van der Waals surface area contributed by atoms with Crippen LogP contribution in [0.4, 0.5) is 0 Å².